The number of aromatic hydroxyl groups is 1. The van der Waals surface area contributed by atoms with Crippen molar-refractivity contribution in [1.82, 2.24) is 5.32 Å². The van der Waals surface area contributed by atoms with Gasteiger partial charge in [-0.1, -0.05) is 30.3 Å². The molecule has 4 nitrogen and oxygen atoms in total. The first-order chi connectivity index (χ1) is 9.63. The standard InChI is InChI=1S/C16H18N2O2/c1-11-14(7-4-8-15(11)19)16(20)18-10-13-6-3-2-5-12(13)9-17/h2-8,19H,9-10,17H2,1H3,(H,18,20). The molecule has 0 unspecified atom stereocenters. The highest BCUT2D eigenvalue weighted by molar-refractivity contribution is 5.96. The van der Waals surface area contributed by atoms with Crippen LogP contribution in [0.5, 0.6) is 5.75 Å². The van der Waals surface area contributed by atoms with E-state index < -0.39 is 0 Å². The second kappa shape index (κ2) is 6.21. The number of hydrogen-bond acceptors (Lipinski definition) is 3. The Bertz CT molecular complexity index is 624. The number of hydrogen-bond donors (Lipinski definition) is 3. The van der Waals surface area contributed by atoms with Crippen molar-refractivity contribution in [2.75, 3.05) is 0 Å². The van der Waals surface area contributed by atoms with Gasteiger partial charge in [0.25, 0.3) is 5.91 Å². The highest BCUT2D eigenvalue weighted by Crippen LogP contribution is 2.19. The first-order valence-electron chi connectivity index (χ1n) is 6.47. The van der Waals surface area contributed by atoms with Crippen LogP contribution in [0.25, 0.3) is 0 Å². The Morgan fingerprint density at radius 3 is 2.55 bits per heavy atom. The molecule has 0 radical (unpaired) electrons. The fourth-order valence-corrected chi connectivity index (χ4v) is 2.07. The van der Waals surface area contributed by atoms with Crippen LogP contribution < -0.4 is 11.1 Å². The van der Waals surface area contributed by atoms with Crippen LogP contribution in [0.1, 0.15) is 27.0 Å². The van der Waals surface area contributed by atoms with E-state index in [0.717, 1.165) is 11.1 Å². The second-order valence-electron chi connectivity index (χ2n) is 4.61. The first-order valence-corrected chi connectivity index (χ1v) is 6.47. The van der Waals surface area contributed by atoms with Gasteiger partial charge in [0, 0.05) is 24.2 Å². The number of nitrogens with one attached hydrogen (secondary N) is 1. The lowest BCUT2D eigenvalue weighted by molar-refractivity contribution is 0.0950. The van der Waals surface area contributed by atoms with Gasteiger partial charge in [-0.15, -0.1) is 0 Å². The highest BCUT2D eigenvalue weighted by atomic mass is 16.3. The summed E-state index contributed by atoms with van der Waals surface area (Å²) in [6, 6.07) is 12.6. The molecule has 0 spiro atoms. The van der Waals surface area contributed by atoms with Gasteiger partial charge in [-0.2, -0.15) is 0 Å². The van der Waals surface area contributed by atoms with E-state index in [4.69, 9.17) is 5.73 Å². The van der Waals surface area contributed by atoms with E-state index in [2.05, 4.69) is 5.32 Å². The van der Waals surface area contributed by atoms with Gasteiger partial charge in [-0.25, -0.2) is 0 Å². The average molecular weight is 270 g/mol. The summed E-state index contributed by atoms with van der Waals surface area (Å²) in [4.78, 5) is 12.1. The van der Waals surface area contributed by atoms with E-state index >= 15 is 0 Å². The predicted octanol–water partition coefficient (Wildman–Crippen LogP) is 2.09. The monoisotopic (exact) mass is 270 g/mol. The molecule has 20 heavy (non-hydrogen) atoms. The number of amides is 1. The Balaban J connectivity index is 2.11. The number of rotatable bonds is 4. The Labute approximate surface area is 118 Å². The molecule has 2 rings (SSSR count). The van der Waals surface area contributed by atoms with Gasteiger partial charge in [0.15, 0.2) is 0 Å². The van der Waals surface area contributed by atoms with Crippen LogP contribution >= 0.6 is 0 Å². The van der Waals surface area contributed by atoms with Crippen LogP contribution in [-0.4, -0.2) is 11.0 Å². The summed E-state index contributed by atoms with van der Waals surface area (Å²) >= 11 is 0. The third-order valence-electron chi connectivity index (χ3n) is 3.33. The lowest BCUT2D eigenvalue weighted by Crippen LogP contribution is -2.24. The zero-order valence-electron chi connectivity index (χ0n) is 11.4. The van der Waals surface area contributed by atoms with E-state index in [1.165, 1.54) is 0 Å². The van der Waals surface area contributed by atoms with Crippen molar-refractivity contribution in [2.45, 2.75) is 20.0 Å². The zero-order valence-corrected chi connectivity index (χ0v) is 11.4. The van der Waals surface area contributed by atoms with Crippen molar-refractivity contribution in [3.8, 4) is 5.75 Å². The summed E-state index contributed by atoms with van der Waals surface area (Å²) in [5.41, 5.74) is 8.74. The van der Waals surface area contributed by atoms with Crippen molar-refractivity contribution in [1.29, 1.82) is 0 Å². The maximum absolute atomic E-state index is 12.1. The van der Waals surface area contributed by atoms with Crippen molar-refractivity contribution in [2.24, 2.45) is 5.73 Å². The van der Waals surface area contributed by atoms with Crippen LogP contribution in [-0.2, 0) is 13.1 Å². The minimum atomic E-state index is -0.203. The van der Waals surface area contributed by atoms with Gasteiger partial charge in [-0.05, 0) is 30.2 Å². The van der Waals surface area contributed by atoms with E-state index in [0.29, 0.717) is 24.2 Å². The smallest absolute Gasteiger partial charge is 0.251 e. The van der Waals surface area contributed by atoms with Crippen molar-refractivity contribution in [3.63, 3.8) is 0 Å². The molecule has 0 bridgehead atoms. The number of phenols is 1. The molecule has 0 aromatic heterocycles. The summed E-state index contributed by atoms with van der Waals surface area (Å²) in [6.45, 7) is 2.58. The summed E-state index contributed by atoms with van der Waals surface area (Å²) in [5, 5.41) is 12.5. The molecule has 0 saturated carbocycles. The number of carbonyl (C=O) groups is 1. The Morgan fingerprint density at radius 1 is 1.15 bits per heavy atom. The molecule has 0 aliphatic heterocycles. The van der Waals surface area contributed by atoms with Gasteiger partial charge < -0.3 is 16.2 Å². The molecule has 2 aromatic rings. The summed E-state index contributed by atoms with van der Waals surface area (Å²) in [5.74, 6) is -0.0785. The molecule has 0 aliphatic carbocycles. The van der Waals surface area contributed by atoms with Gasteiger partial charge in [0.05, 0.1) is 0 Å². The number of nitrogens with two attached hydrogens (primary N) is 1. The predicted molar refractivity (Wildman–Crippen MR) is 78.3 cm³/mol. The first kappa shape index (κ1) is 14.1. The maximum atomic E-state index is 12.1. The number of phenolic OH excluding ortho intramolecular Hbond substituents is 1. The topological polar surface area (TPSA) is 75.3 Å². The summed E-state index contributed by atoms with van der Waals surface area (Å²) < 4.78 is 0. The number of benzene rings is 2. The molecule has 2 aromatic carbocycles. The third-order valence-corrected chi connectivity index (χ3v) is 3.33. The molecule has 1 amide bonds. The lowest BCUT2D eigenvalue weighted by Gasteiger charge is -2.11. The van der Waals surface area contributed by atoms with Crippen molar-refractivity contribution < 1.29 is 9.90 Å². The normalized spacial score (nSPS) is 10.3. The summed E-state index contributed by atoms with van der Waals surface area (Å²) in [7, 11) is 0. The molecular weight excluding hydrogens is 252 g/mol. The molecule has 0 saturated heterocycles. The fraction of sp³-hybridized carbons (Fsp3) is 0.188. The second-order valence-corrected chi connectivity index (χ2v) is 4.61. The van der Waals surface area contributed by atoms with E-state index in [9.17, 15) is 9.90 Å². The van der Waals surface area contributed by atoms with E-state index in [1.807, 2.05) is 24.3 Å². The number of carbonyl (C=O) groups excluding carboxylic acids is 1. The lowest BCUT2D eigenvalue weighted by atomic mass is 10.1. The van der Waals surface area contributed by atoms with Crippen LogP contribution in [0.4, 0.5) is 0 Å². The summed E-state index contributed by atoms with van der Waals surface area (Å²) in [6.07, 6.45) is 0. The van der Waals surface area contributed by atoms with Gasteiger partial charge in [-0.3, -0.25) is 4.79 Å². The highest BCUT2D eigenvalue weighted by Gasteiger charge is 2.11. The molecular formula is C16H18N2O2. The molecule has 0 atom stereocenters. The van der Waals surface area contributed by atoms with Gasteiger partial charge in [0.2, 0.25) is 0 Å². The third kappa shape index (κ3) is 2.97. The van der Waals surface area contributed by atoms with E-state index in [1.54, 1.807) is 25.1 Å². The Morgan fingerprint density at radius 2 is 1.85 bits per heavy atom. The Hall–Kier alpha value is -2.33. The minimum Gasteiger partial charge on any atom is -0.508 e. The quantitative estimate of drug-likeness (QED) is 0.796. The molecule has 0 fully saturated rings. The van der Waals surface area contributed by atoms with Crippen LogP contribution in [0.2, 0.25) is 0 Å². The zero-order chi connectivity index (χ0) is 14.5. The van der Waals surface area contributed by atoms with Gasteiger partial charge in [0.1, 0.15) is 5.75 Å². The van der Waals surface area contributed by atoms with Crippen LogP contribution in [0, 0.1) is 6.92 Å². The molecule has 104 valence electrons. The maximum Gasteiger partial charge on any atom is 0.251 e. The SMILES string of the molecule is Cc1c(O)cccc1C(=O)NCc1ccccc1CN. The average Bonchev–Trinajstić information content (AvgIpc) is 2.48. The molecule has 0 heterocycles. The Kier molecular flexibility index (Phi) is 4.38. The van der Waals surface area contributed by atoms with Crippen LogP contribution in [0.3, 0.4) is 0 Å². The minimum absolute atomic E-state index is 0.125. The van der Waals surface area contributed by atoms with Crippen LogP contribution in [0.15, 0.2) is 42.5 Å². The van der Waals surface area contributed by atoms with E-state index in [-0.39, 0.29) is 11.7 Å². The molecule has 0 aliphatic rings. The molecule has 4 heteroatoms. The van der Waals surface area contributed by atoms with Gasteiger partial charge >= 0.3 is 0 Å². The fourth-order valence-electron chi connectivity index (χ4n) is 2.07. The largest absolute Gasteiger partial charge is 0.508 e. The molecule has 4 N–H and O–H groups in total. The van der Waals surface area contributed by atoms with Crippen molar-refractivity contribution >= 4 is 5.91 Å². The van der Waals surface area contributed by atoms with Crippen molar-refractivity contribution in [3.05, 3.63) is 64.7 Å².